The lowest BCUT2D eigenvalue weighted by atomic mass is 9.84. The molecule has 4 nitrogen and oxygen atoms in total. The molecule has 1 aliphatic rings. The lowest BCUT2D eigenvalue weighted by Gasteiger charge is -2.34. The Labute approximate surface area is 124 Å². The topological polar surface area (TPSA) is 55.6 Å². The SMILES string of the molecule is COCCN(C(=O)C(CN)CC(C)(C)C)C(C)C1CC1. The van der Waals surface area contributed by atoms with E-state index in [0.29, 0.717) is 31.7 Å². The fourth-order valence-corrected chi connectivity index (χ4v) is 2.78. The first-order valence-corrected chi connectivity index (χ1v) is 7.79. The van der Waals surface area contributed by atoms with Crippen LogP contribution in [0.25, 0.3) is 0 Å². The van der Waals surface area contributed by atoms with Crippen molar-refractivity contribution in [1.82, 2.24) is 4.90 Å². The molecule has 4 heteroatoms. The molecule has 1 amide bonds. The van der Waals surface area contributed by atoms with Gasteiger partial charge in [0.25, 0.3) is 0 Å². The molecular formula is C16H32N2O2. The second-order valence-electron chi connectivity index (χ2n) is 7.30. The molecule has 0 aliphatic heterocycles. The summed E-state index contributed by atoms with van der Waals surface area (Å²) in [4.78, 5) is 14.8. The molecule has 2 atom stereocenters. The van der Waals surface area contributed by atoms with Crippen LogP contribution in [0.5, 0.6) is 0 Å². The standard InChI is InChI=1S/C16H32N2O2/c1-12(13-6-7-13)18(8-9-20-5)15(19)14(11-17)10-16(2,3)4/h12-14H,6-11,17H2,1-5H3. The summed E-state index contributed by atoms with van der Waals surface area (Å²) in [5.74, 6) is 0.802. The van der Waals surface area contributed by atoms with Gasteiger partial charge in [-0.3, -0.25) is 4.79 Å². The lowest BCUT2D eigenvalue weighted by Crippen LogP contribution is -2.47. The zero-order valence-electron chi connectivity index (χ0n) is 13.8. The summed E-state index contributed by atoms with van der Waals surface area (Å²) in [6, 6.07) is 0.312. The number of nitrogens with zero attached hydrogens (tertiary/aromatic N) is 1. The van der Waals surface area contributed by atoms with Crippen LogP contribution < -0.4 is 5.73 Å². The number of hydrogen-bond acceptors (Lipinski definition) is 3. The van der Waals surface area contributed by atoms with Crippen molar-refractivity contribution in [2.24, 2.45) is 23.0 Å². The van der Waals surface area contributed by atoms with E-state index in [2.05, 4.69) is 27.7 Å². The van der Waals surface area contributed by atoms with Crippen molar-refractivity contribution in [3.8, 4) is 0 Å². The van der Waals surface area contributed by atoms with Gasteiger partial charge in [-0.25, -0.2) is 0 Å². The van der Waals surface area contributed by atoms with Crippen LogP contribution in [-0.2, 0) is 9.53 Å². The summed E-state index contributed by atoms with van der Waals surface area (Å²) < 4.78 is 5.16. The second kappa shape index (κ2) is 7.41. The van der Waals surface area contributed by atoms with Crippen molar-refractivity contribution in [3.63, 3.8) is 0 Å². The van der Waals surface area contributed by atoms with Crippen LogP contribution in [0, 0.1) is 17.3 Å². The van der Waals surface area contributed by atoms with E-state index in [0.717, 1.165) is 6.42 Å². The predicted octanol–water partition coefficient (Wildman–Crippen LogP) is 2.27. The van der Waals surface area contributed by atoms with Crippen LogP contribution in [0.2, 0.25) is 0 Å². The van der Waals surface area contributed by atoms with Crippen molar-refractivity contribution < 1.29 is 9.53 Å². The molecule has 0 aromatic heterocycles. The average molecular weight is 284 g/mol. The lowest BCUT2D eigenvalue weighted by molar-refractivity contribution is -0.139. The summed E-state index contributed by atoms with van der Waals surface area (Å²) in [6.07, 6.45) is 3.32. The van der Waals surface area contributed by atoms with Gasteiger partial charge in [-0.1, -0.05) is 20.8 Å². The maximum atomic E-state index is 12.8. The number of amides is 1. The number of rotatable bonds is 8. The van der Waals surface area contributed by atoms with Crippen LogP contribution in [0.3, 0.4) is 0 Å². The fourth-order valence-electron chi connectivity index (χ4n) is 2.78. The number of nitrogens with two attached hydrogens (primary N) is 1. The van der Waals surface area contributed by atoms with Gasteiger partial charge in [0.05, 0.1) is 12.5 Å². The minimum absolute atomic E-state index is 0.0759. The van der Waals surface area contributed by atoms with E-state index >= 15 is 0 Å². The number of hydrogen-bond donors (Lipinski definition) is 1. The van der Waals surface area contributed by atoms with Gasteiger partial charge in [0.15, 0.2) is 0 Å². The molecule has 2 unspecified atom stereocenters. The average Bonchev–Trinajstić information content (AvgIpc) is 3.18. The summed E-state index contributed by atoms with van der Waals surface area (Å²) in [6.45, 7) is 10.3. The van der Waals surface area contributed by atoms with Gasteiger partial charge in [-0.05, 0) is 37.5 Å². The van der Waals surface area contributed by atoms with E-state index in [1.807, 2.05) is 4.90 Å². The van der Waals surface area contributed by atoms with Crippen molar-refractivity contribution in [3.05, 3.63) is 0 Å². The van der Waals surface area contributed by atoms with E-state index in [1.165, 1.54) is 12.8 Å². The predicted molar refractivity (Wildman–Crippen MR) is 82.4 cm³/mol. The van der Waals surface area contributed by atoms with Crippen LogP contribution in [-0.4, -0.2) is 43.7 Å². The molecule has 0 aromatic rings. The molecule has 0 spiro atoms. The number of carbonyl (C=O) groups excluding carboxylic acids is 1. The third-order valence-electron chi connectivity index (χ3n) is 4.11. The number of ether oxygens (including phenoxy) is 1. The van der Waals surface area contributed by atoms with E-state index in [9.17, 15) is 4.79 Å². The van der Waals surface area contributed by atoms with Gasteiger partial charge in [0.1, 0.15) is 0 Å². The molecule has 20 heavy (non-hydrogen) atoms. The molecule has 0 bridgehead atoms. The minimum Gasteiger partial charge on any atom is -0.383 e. The first-order chi connectivity index (χ1) is 9.30. The zero-order valence-corrected chi connectivity index (χ0v) is 13.8. The van der Waals surface area contributed by atoms with Crippen LogP contribution >= 0.6 is 0 Å². The summed E-state index contributed by atoms with van der Waals surface area (Å²) in [7, 11) is 1.68. The smallest absolute Gasteiger partial charge is 0.227 e. The molecule has 0 aromatic carbocycles. The van der Waals surface area contributed by atoms with Crippen LogP contribution in [0.1, 0.15) is 47.0 Å². The van der Waals surface area contributed by atoms with Gasteiger partial charge in [-0.15, -0.1) is 0 Å². The van der Waals surface area contributed by atoms with Gasteiger partial charge >= 0.3 is 0 Å². The highest BCUT2D eigenvalue weighted by molar-refractivity contribution is 5.79. The minimum atomic E-state index is -0.0759. The Bertz CT molecular complexity index is 308. The highest BCUT2D eigenvalue weighted by atomic mass is 16.5. The van der Waals surface area contributed by atoms with Crippen molar-refractivity contribution >= 4 is 5.91 Å². The third kappa shape index (κ3) is 5.41. The van der Waals surface area contributed by atoms with E-state index in [4.69, 9.17) is 10.5 Å². The summed E-state index contributed by atoms with van der Waals surface area (Å²) >= 11 is 0. The number of methoxy groups -OCH3 is 1. The third-order valence-corrected chi connectivity index (χ3v) is 4.11. The zero-order chi connectivity index (χ0) is 15.3. The molecule has 2 N–H and O–H groups in total. The van der Waals surface area contributed by atoms with E-state index < -0.39 is 0 Å². The summed E-state index contributed by atoms with van der Waals surface area (Å²) in [5.41, 5.74) is 5.98. The Morgan fingerprint density at radius 3 is 2.40 bits per heavy atom. The van der Waals surface area contributed by atoms with Gasteiger partial charge < -0.3 is 15.4 Å². The molecular weight excluding hydrogens is 252 g/mol. The fraction of sp³-hybridized carbons (Fsp3) is 0.938. The second-order valence-corrected chi connectivity index (χ2v) is 7.30. The molecule has 0 saturated heterocycles. The monoisotopic (exact) mass is 284 g/mol. The highest BCUT2D eigenvalue weighted by Crippen LogP contribution is 2.36. The van der Waals surface area contributed by atoms with Crippen LogP contribution in [0.4, 0.5) is 0 Å². The molecule has 1 saturated carbocycles. The Balaban J connectivity index is 2.73. The van der Waals surface area contributed by atoms with Gasteiger partial charge in [0.2, 0.25) is 5.91 Å². The maximum absolute atomic E-state index is 12.8. The first kappa shape index (κ1) is 17.4. The largest absolute Gasteiger partial charge is 0.383 e. The Morgan fingerprint density at radius 1 is 1.40 bits per heavy atom. The molecule has 1 rings (SSSR count). The van der Waals surface area contributed by atoms with Gasteiger partial charge in [-0.2, -0.15) is 0 Å². The molecule has 1 aliphatic carbocycles. The molecule has 0 radical (unpaired) electrons. The molecule has 118 valence electrons. The Kier molecular flexibility index (Phi) is 6.46. The van der Waals surface area contributed by atoms with Crippen molar-refractivity contribution in [1.29, 1.82) is 0 Å². The Hall–Kier alpha value is -0.610. The number of carbonyl (C=O) groups is 1. The van der Waals surface area contributed by atoms with E-state index in [-0.39, 0.29) is 17.2 Å². The summed E-state index contributed by atoms with van der Waals surface area (Å²) in [5, 5.41) is 0. The quantitative estimate of drug-likeness (QED) is 0.744. The molecule has 1 fully saturated rings. The first-order valence-electron chi connectivity index (χ1n) is 7.79. The normalized spacial score (nSPS) is 18.7. The van der Waals surface area contributed by atoms with Crippen molar-refractivity contribution in [2.75, 3.05) is 26.8 Å². The Morgan fingerprint density at radius 2 is 2.00 bits per heavy atom. The molecule has 0 heterocycles. The van der Waals surface area contributed by atoms with E-state index in [1.54, 1.807) is 7.11 Å². The van der Waals surface area contributed by atoms with Gasteiger partial charge in [0, 0.05) is 26.2 Å². The van der Waals surface area contributed by atoms with Crippen LogP contribution in [0.15, 0.2) is 0 Å². The maximum Gasteiger partial charge on any atom is 0.227 e. The van der Waals surface area contributed by atoms with Crippen molar-refractivity contribution in [2.45, 2.75) is 53.0 Å². The highest BCUT2D eigenvalue weighted by Gasteiger charge is 2.36.